The molecule has 4 N–H and O–H groups in total. The fraction of sp³-hybridized carbons (Fsp3) is 0.385. The lowest BCUT2D eigenvalue weighted by atomic mass is 10.1. The number of hydrogen-bond donors (Lipinski definition) is 2. The molecular weight excluding hydrogens is 313 g/mol. The molecule has 114 valence electrons. The summed E-state index contributed by atoms with van der Waals surface area (Å²) >= 11 is 12.2. The molecule has 1 heterocycles. The van der Waals surface area contributed by atoms with E-state index in [0.29, 0.717) is 23.1 Å². The monoisotopic (exact) mass is 329 g/mol. The van der Waals surface area contributed by atoms with Crippen LogP contribution in [0.15, 0.2) is 28.2 Å². The quantitative estimate of drug-likeness (QED) is 0.885. The lowest BCUT2D eigenvalue weighted by Gasteiger charge is -2.36. The molecule has 1 aromatic carbocycles. The molecule has 0 spiro atoms. The molecule has 0 aromatic heterocycles. The van der Waals surface area contributed by atoms with E-state index in [-0.39, 0.29) is 11.9 Å². The van der Waals surface area contributed by atoms with E-state index < -0.39 is 5.66 Å². The van der Waals surface area contributed by atoms with Gasteiger partial charge in [-0.1, -0.05) is 29.3 Å². The average Bonchev–Trinajstić information content (AvgIpc) is 2.34. The zero-order valence-corrected chi connectivity index (χ0v) is 13.3. The predicted molar refractivity (Wildman–Crippen MR) is 85.3 cm³/mol. The van der Waals surface area contributed by atoms with Crippen LogP contribution in [0.25, 0.3) is 0 Å². The van der Waals surface area contributed by atoms with Gasteiger partial charge in [-0.15, -0.1) is 0 Å². The summed E-state index contributed by atoms with van der Waals surface area (Å²) in [5, 5.41) is 2.63. The van der Waals surface area contributed by atoms with Crippen molar-refractivity contribution in [1.82, 2.24) is 5.06 Å². The first-order valence-electron chi connectivity index (χ1n) is 6.37. The van der Waals surface area contributed by atoms with Gasteiger partial charge in [0.25, 0.3) is 0 Å². The first-order valence-corrected chi connectivity index (χ1v) is 7.12. The lowest BCUT2D eigenvalue weighted by molar-refractivity contribution is -0.156. The second-order valence-corrected chi connectivity index (χ2v) is 5.83. The van der Waals surface area contributed by atoms with Crippen LogP contribution in [0, 0.1) is 0 Å². The van der Waals surface area contributed by atoms with Crippen LogP contribution in [0.5, 0.6) is 0 Å². The van der Waals surface area contributed by atoms with E-state index in [1.807, 2.05) is 13.8 Å². The molecule has 21 heavy (non-hydrogen) atoms. The molecule has 0 unspecified atom stereocenters. The van der Waals surface area contributed by atoms with Gasteiger partial charge in [0.1, 0.15) is 0 Å². The second-order valence-electron chi connectivity index (χ2n) is 5.01. The summed E-state index contributed by atoms with van der Waals surface area (Å²) in [5.41, 5.74) is 11.5. The van der Waals surface area contributed by atoms with E-state index in [1.54, 1.807) is 18.2 Å². The summed E-state index contributed by atoms with van der Waals surface area (Å²) in [6.07, 6.45) is 0.539. The van der Waals surface area contributed by atoms with Gasteiger partial charge in [-0.05, 0) is 31.5 Å². The molecule has 0 saturated carbocycles. The van der Waals surface area contributed by atoms with Crippen LogP contribution in [0.1, 0.15) is 19.4 Å². The Labute approximate surface area is 133 Å². The minimum atomic E-state index is -0.722. The molecule has 0 aliphatic carbocycles. The normalized spacial score (nSPS) is 17.4. The van der Waals surface area contributed by atoms with Crippen molar-refractivity contribution in [2.75, 3.05) is 6.61 Å². The van der Waals surface area contributed by atoms with Gasteiger partial charge in [-0.3, -0.25) is 4.84 Å². The second kappa shape index (κ2) is 6.09. The molecule has 2 rings (SSSR count). The number of nitrogens with two attached hydrogens (primary N) is 2. The Bertz CT molecular complexity index is 580. The first-order chi connectivity index (χ1) is 9.81. The molecule has 1 aliphatic heterocycles. The minimum Gasteiger partial charge on any atom is -0.368 e. The molecule has 0 bridgehead atoms. The standard InChI is InChI=1S/C13H17Cl2N5O/c1-13(2)19-11(16)18-12(17)20(13)21-7-6-8-9(14)4-3-5-10(8)15/h3-5H,6-7H2,1-2H3,(H4,16,17,18,19). The zero-order valence-electron chi connectivity index (χ0n) is 11.8. The molecule has 6 nitrogen and oxygen atoms in total. The van der Waals surface area contributed by atoms with Crippen LogP contribution in [-0.2, 0) is 11.3 Å². The van der Waals surface area contributed by atoms with Gasteiger partial charge in [0, 0.05) is 16.5 Å². The Kier molecular flexibility index (Phi) is 4.61. The van der Waals surface area contributed by atoms with Crippen molar-refractivity contribution in [3.05, 3.63) is 33.8 Å². The van der Waals surface area contributed by atoms with Crippen LogP contribution in [0.2, 0.25) is 10.0 Å². The summed E-state index contributed by atoms with van der Waals surface area (Å²) in [6, 6.07) is 5.37. The number of guanidine groups is 2. The van der Waals surface area contributed by atoms with E-state index in [2.05, 4.69) is 9.98 Å². The third kappa shape index (κ3) is 3.58. The van der Waals surface area contributed by atoms with Gasteiger partial charge in [0.05, 0.1) is 6.61 Å². The third-order valence-corrected chi connectivity index (χ3v) is 3.66. The summed E-state index contributed by atoms with van der Waals surface area (Å²) in [6.45, 7) is 3.98. The fourth-order valence-corrected chi connectivity index (χ4v) is 2.61. The van der Waals surface area contributed by atoms with Gasteiger partial charge in [0.15, 0.2) is 5.66 Å². The Morgan fingerprint density at radius 3 is 2.43 bits per heavy atom. The summed E-state index contributed by atoms with van der Waals surface area (Å²) in [5.74, 6) is 0.296. The number of benzene rings is 1. The molecule has 1 aliphatic rings. The minimum absolute atomic E-state index is 0.131. The number of rotatable bonds is 4. The maximum absolute atomic E-state index is 6.11. The number of halogens is 2. The highest BCUT2D eigenvalue weighted by Gasteiger charge is 2.33. The van der Waals surface area contributed by atoms with Crippen molar-refractivity contribution in [2.45, 2.75) is 25.9 Å². The third-order valence-electron chi connectivity index (χ3n) is 2.96. The Morgan fingerprint density at radius 2 is 1.86 bits per heavy atom. The molecule has 0 atom stereocenters. The zero-order chi connectivity index (χ0) is 15.6. The topological polar surface area (TPSA) is 89.2 Å². The molecule has 8 heteroatoms. The summed E-state index contributed by atoms with van der Waals surface area (Å²) in [4.78, 5) is 13.7. The van der Waals surface area contributed by atoms with Crippen LogP contribution in [0.3, 0.4) is 0 Å². The van der Waals surface area contributed by atoms with Crippen LogP contribution >= 0.6 is 23.2 Å². The van der Waals surface area contributed by atoms with Gasteiger partial charge in [0.2, 0.25) is 11.9 Å². The summed E-state index contributed by atoms with van der Waals surface area (Å²) in [7, 11) is 0. The Morgan fingerprint density at radius 1 is 1.24 bits per heavy atom. The number of nitrogens with zero attached hydrogens (tertiary/aromatic N) is 3. The summed E-state index contributed by atoms with van der Waals surface area (Å²) < 4.78 is 0. The fourth-order valence-electron chi connectivity index (χ4n) is 2.03. The number of aliphatic imine (C=N–C) groups is 2. The highest BCUT2D eigenvalue weighted by Crippen LogP contribution is 2.25. The van der Waals surface area contributed by atoms with Gasteiger partial charge >= 0.3 is 0 Å². The van der Waals surface area contributed by atoms with E-state index in [9.17, 15) is 0 Å². The SMILES string of the molecule is CC1(C)N=C(N)N=C(N)N1OCCc1c(Cl)cccc1Cl. The van der Waals surface area contributed by atoms with E-state index in [0.717, 1.165) is 5.56 Å². The molecule has 0 fully saturated rings. The molecule has 0 saturated heterocycles. The number of hydrogen-bond acceptors (Lipinski definition) is 6. The van der Waals surface area contributed by atoms with Crippen molar-refractivity contribution in [2.24, 2.45) is 21.5 Å². The average molecular weight is 330 g/mol. The molecule has 0 radical (unpaired) electrons. The maximum atomic E-state index is 6.11. The van der Waals surface area contributed by atoms with Gasteiger partial charge in [-0.25, -0.2) is 4.99 Å². The van der Waals surface area contributed by atoms with E-state index in [1.165, 1.54) is 5.06 Å². The largest absolute Gasteiger partial charge is 0.368 e. The Hall–Kier alpha value is -1.50. The van der Waals surface area contributed by atoms with E-state index in [4.69, 9.17) is 39.5 Å². The van der Waals surface area contributed by atoms with Crippen molar-refractivity contribution in [3.63, 3.8) is 0 Å². The highest BCUT2D eigenvalue weighted by molar-refractivity contribution is 6.35. The van der Waals surface area contributed by atoms with Crippen LogP contribution in [-0.4, -0.2) is 29.3 Å². The molecular formula is C13H17Cl2N5O. The van der Waals surface area contributed by atoms with Gasteiger partial charge in [-0.2, -0.15) is 10.1 Å². The van der Waals surface area contributed by atoms with Crippen LogP contribution < -0.4 is 11.5 Å². The van der Waals surface area contributed by atoms with E-state index >= 15 is 0 Å². The molecule has 0 amide bonds. The predicted octanol–water partition coefficient (Wildman–Crippen LogP) is 2.15. The number of hydroxylamine groups is 2. The Balaban J connectivity index is 2.02. The molecule has 1 aromatic rings. The van der Waals surface area contributed by atoms with Crippen molar-refractivity contribution in [1.29, 1.82) is 0 Å². The van der Waals surface area contributed by atoms with Crippen molar-refractivity contribution in [3.8, 4) is 0 Å². The lowest BCUT2D eigenvalue weighted by Crippen LogP contribution is -2.53. The van der Waals surface area contributed by atoms with Gasteiger partial charge < -0.3 is 11.5 Å². The highest BCUT2D eigenvalue weighted by atomic mass is 35.5. The maximum Gasteiger partial charge on any atom is 0.226 e. The first kappa shape index (κ1) is 15.9. The smallest absolute Gasteiger partial charge is 0.226 e. The van der Waals surface area contributed by atoms with Crippen molar-refractivity contribution < 1.29 is 4.84 Å². The van der Waals surface area contributed by atoms with Crippen LogP contribution in [0.4, 0.5) is 0 Å². The van der Waals surface area contributed by atoms with Crippen molar-refractivity contribution >= 4 is 35.1 Å².